The van der Waals surface area contributed by atoms with Gasteiger partial charge in [-0.05, 0) is 31.0 Å². The molecule has 0 radical (unpaired) electrons. The van der Waals surface area contributed by atoms with Crippen LogP contribution in [0.2, 0.25) is 0 Å². The van der Waals surface area contributed by atoms with Gasteiger partial charge in [0.15, 0.2) is 0 Å². The van der Waals surface area contributed by atoms with Gasteiger partial charge in [-0.15, -0.1) is 12.4 Å². The zero-order valence-corrected chi connectivity index (χ0v) is 10.6. The Labute approximate surface area is 108 Å². The number of hydrogen-bond acceptors (Lipinski definition) is 3. The Morgan fingerprint density at radius 3 is 3.00 bits per heavy atom. The SMILES string of the molecule is CC1CNC[C@H]2Cc3ccc(C#N)cc3N12.Cl. The fourth-order valence-corrected chi connectivity index (χ4v) is 2.92. The summed E-state index contributed by atoms with van der Waals surface area (Å²) in [5.74, 6) is 0. The normalized spacial score (nSPS) is 25.5. The van der Waals surface area contributed by atoms with Crippen LogP contribution in [0.4, 0.5) is 5.69 Å². The molecule has 3 nitrogen and oxygen atoms in total. The fraction of sp³-hybridized carbons (Fsp3) is 0.462. The molecule has 2 heterocycles. The smallest absolute Gasteiger partial charge is 0.0992 e. The van der Waals surface area contributed by atoms with Crippen LogP contribution in [-0.2, 0) is 6.42 Å². The van der Waals surface area contributed by atoms with Gasteiger partial charge in [0.25, 0.3) is 0 Å². The van der Waals surface area contributed by atoms with E-state index in [1.54, 1.807) is 0 Å². The van der Waals surface area contributed by atoms with Crippen LogP contribution < -0.4 is 10.2 Å². The lowest BCUT2D eigenvalue weighted by Crippen LogP contribution is -2.54. The molecule has 2 atom stereocenters. The molecule has 0 aliphatic carbocycles. The number of hydrogen-bond donors (Lipinski definition) is 1. The maximum atomic E-state index is 8.95. The van der Waals surface area contributed by atoms with Gasteiger partial charge in [-0.1, -0.05) is 6.07 Å². The number of halogens is 1. The average molecular weight is 250 g/mol. The summed E-state index contributed by atoms with van der Waals surface area (Å²) >= 11 is 0. The highest BCUT2D eigenvalue weighted by molar-refractivity contribution is 5.85. The van der Waals surface area contributed by atoms with Crippen LogP contribution in [0.1, 0.15) is 18.1 Å². The van der Waals surface area contributed by atoms with Gasteiger partial charge in [0.2, 0.25) is 0 Å². The van der Waals surface area contributed by atoms with Crippen LogP contribution in [-0.4, -0.2) is 25.2 Å². The molecular weight excluding hydrogens is 234 g/mol. The minimum absolute atomic E-state index is 0. The predicted molar refractivity (Wildman–Crippen MR) is 70.7 cm³/mol. The summed E-state index contributed by atoms with van der Waals surface area (Å²) in [6.07, 6.45) is 1.11. The molecule has 0 amide bonds. The van der Waals surface area contributed by atoms with Crippen molar-refractivity contribution >= 4 is 18.1 Å². The van der Waals surface area contributed by atoms with E-state index >= 15 is 0 Å². The van der Waals surface area contributed by atoms with E-state index < -0.39 is 0 Å². The highest BCUT2D eigenvalue weighted by Crippen LogP contribution is 2.35. The molecule has 0 spiro atoms. The first-order chi connectivity index (χ1) is 7.79. The zero-order chi connectivity index (χ0) is 11.1. The van der Waals surface area contributed by atoms with Gasteiger partial charge in [-0.2, -0.15) is 5.26 Å². The summed E-state index contributed by atoms with van der Waals surface area (Å²) in [5, 5.41) is 12.4. The number of benzene rings is 1. The van der Waals surface area contributed by atoms with Crippen molar-refractivity contribution in [2.24, 2.45) is 0 Å². The molecule has 4 heteroatoms. The molecule has 2 aliphatic rings. The van der Waals surface area contributed by atoms with Gasteiger partial charge >= 0.3 is 0 Å². The molecule has 1 saturated heterocycles. The minimum atomic E-state index is 0. The largest absolute Gasteiger partial charge is 0.363 e. The third-order valence-electron chi connectivity index (χ3n) is 3.64. The predicted octanol–water partition coefficient (Wildman–Crippen LogP) is 1.70. The van der Waals surface area contributed by atoms with Gasteiger partial charge in [-0.3, -0.25) is 0 Å². The summed E-state index contributed by atoms with van der Waals surface area (Å²) in [6, 6.07) is 9.40. The highest BCUT2D eigenvalue weighted by atomic mass is 35.5. The molecule has 0 bridgehead atoms. The molecule has 3 rings (SSSR count). The summed E-state index contributed by atoms with van der Waals surface area (Å²) in [6.45, 7) is 4.33. The molecule has 1 unspecified atom stereocenters. The van der Waals surface area contributed by atoms with Gasteiger partial charge in [-0.25, -0.2) is 0 Å². The second-order valence-electron chi connectivity index (χ2n) is 4.73. The number of fused-ring (bicyclic) bond motifs is 3. The molecule has 0 aromatic heterocycles. The summed E-state index contributed by atoms with van der Waals surface area (Å²) in [7, 11) is 0. The topological polar surface area (TPSA) is 39.1 Å². The number of nitrogens with one attached hydrogen (secondary N) is 1. The molecule has 1 fully saturated rings. The third kappa shape index (κ3) is 1.88. The van der Waals surface area contributed by atoms with Crippen molar-refractivity contribution < 1.29 is 0 Å². The molecule has 0 saturated carbocycles. The minimum Gasteiger partial charge on any atom is -0.363 e. The van der Waals surface area contributed by atoms with Crippen LogP contribution in [0.5, 0.6) is 0 Å². The van der Waals surface area contributed by atoms with E-state index in [4.69, 9.17) is 5.26 Å². The molecule has 1 aromatic rings. The fourth-order valence-electron chi connectivity index (χ4n) is 2.92. The first-order valence-corrected chi connectivity index (χ1v) is 5.81. The second kappa shape index (κ2) is 4.56. The van der Waals surface area contributed by atoms with E-state index in [1.165, 1.54) is 11.3 Å². The standard InChI is InChI=1S/C13H15N3.ClH/c1-9-7-15-8-12-5-11-3-2-10(6-14)4-13(11)16(9)12;/h2-4,9,12,15H,5,7-8H2,1H3;1H/t9?,12-;/m1./s1. The summed E-state index contributed by atoms with van der Waals surface area (Å²) in [4.78, 5) is 2.48. The van der Waals surface area contributed by atoms with Crippen molar-refractivity contribution in [3.05, 3.63) is 29.3 Å². The average Bonchev–Trinajstić information content (AvgIpc) is 2.67. The Kier molecular flexibility index (Phi) is 3.28. The number of nitriles is 1. The highest BCUT2D eigenvalue weighted by Gasteiger charge is 2.34. The van der Waals surface area contributed by atoms with E-state index in [0.29, 0.717) is 12.1 Å². The van der Waals surface area contributed by atoms with E-state index in [0.717, 1.165) is 25.1 Å². The maximum Gasteiger partial charge on any atom is 0.0992 e. The van der Waals surface area contributed by atoms with E-state index in [1.807, 2.05) is 12.1 Å². The number of rotatable bonds is 0. The van der Waals surface area contributed by atoms with Crippen LogP contribution in [0.15, 0.2) is 18.2 Å². The molecular formula is C13H16ClN3. The monoisotopic (exact) mass is 249 g/mol. The Balaban J connectivity index is 0.00000108. The van der Waals surface area contributed by atoms with Crippen molar-refractivity contribution in [3.63, 3.8) is 0 Å². The van der Waals surface area contributed by atoms with Crippen molar-refractivity contribution in [2.45, 2.75) is 25.4 Å². The van der Waals surface area contributed by atoms with Crippen LogP contribution in [0.3, 0.4) is 0 Å². The maximum absolute atomic E-state index is 8.95. The van der Waals surface area contributed by atoms with Gasteiger partial charge in [0.1, 0.15) is 0 Å². The zero-order valence-electron chi connectivity index (χ0n) is 9.81. The molecule has 17 heavy (non-hydrogen) atoms. The first-order valence-electron chi connectivity index (χ1n) is 5.81. The molecule has 1 N–H and O–H groups in total. The van der Waals surface area contributed by atoms with Gasteiger partial charge in [0, 0.05) is 30.9 Å². The Bertz CT molecular complexity index is 466. The van der Waals surface area contributed by atoms with Crippen LogP contribution >= 0.6 is 12.4 Å². The molecule has 2 aliphatic heterocycles. The molecule has 1 aromatic carbocycles. The number of piperazine rings is 1. The van der Waals surface area contributed by atoms with Crippen molar-refractivity contribution in [3.8, 4) is 6.07 Å². The Hall–Kier alpha value is -1.24. The van der Waals surface area contributed by atoms with Crippen molar-refractivity contribution in [2.75, 3.05) is 18.0 Å². The second-order valence-corrected chi connectivity index (χ2v) is 4.73. The van der Waals surface area contributed by atoms with Crippen LogP contribution in [0.25, 0.3) is 0 Å². The first kappa shape index (κ1) is 12.2. The van der Waals surface area contributed by atoms with Crippen LogP contribution in [0, 0.1) is 11.3 Å². The lowest BCUT2D eigenvalue weighted by atomic mass is 10.1. The van der Waals surface area contributed by atoms with Gasteiger partial charge < -0.3 is 10.2 Å². The van der Waals surface area contributed by atoms with E-state index in [9.17, 15) is 0 Å². The lowest BCUT2D eigenvalue weighted by Gasteiger charge is -2.38. The van der Waals surface area contributed by atoms with Gasteiger partial charge in [0.05, 0.1) is 11.6 Å². The quantitative estimate of drug-likeness (QED) is 0.761. The molecule has 90 valence electrons. The Morgan fingerprint density at radius 2 is 2.24 bits per heavy atom. The summed E-state index contributed by atoms with van der Waals surface area (Å²) < 4.78 is 0. The number of anilines is 1. The van der Waals surface area contributed by atoms with E-state index in [-0.39, 0.29) is 12.4 Å². The summed E-state index contributed by atoms with van der Waals surface area (Å²) in [5.41, 5.74) is 3.43. The Morgan fingerprint density at radius 1 is 1.41 bits per heavy atom. The van der Waals surface area contributed by atoms with E-state index in [2.05, 4.69) is 29.3 Å². The van der Waals surface area contributed by atoms with Crippen molar-refractivity contribution in [1.82, 2.24) is 5.32 Å². The lowest BCUT2D eigenvalue weighted by molar-refractivity contribution is 0.430. The van der Waals surface area contributed by atoms with Crippen molar-refractivity contribution in [1.29, 1.82) is 5.26 Å². The third-order valence-corrected chi connectivity index (χ3v) is 3.64. The number of nitrogens with zero attached hydrogens (tertiary/aromatic N) is 2.